The molecule has 0 aliphatic rings. The van der Waals surface area contributed by atoms with Crippen molar-refractivity contribution in [2.75, 3.05) is 33.1 Å². The van der Waals surface area contributed by atoms with E-state index in [0.29, 0.717) is 17.1 Å². The monoisotopic (exact) mass is 329 g/mol. The molecule has 0 saturated heterocycles. The van der Waals surface area contributed by atoms with E-state index in [1.807, 2.05) is 32.3 Å². The maximum atomic E-state index is 9.22. The molecule has 0 fully saturated rings. The number of halogens is 1. The summed E-state index contributed by atoms with van der Waals surface area (Å²) in [5.41, 5.74) is 2.51. The number of methoxy groups -OCH3 is 1. The average molecular weight is 330 g/mol. The van der Waals surface area contributed by atoms with Crippen LogP contribution in [0.5, 0.6) is 5.75 Å². The third-order valence-corrected chi connectivity index (χ3v) is 3.95. The molecule has 0 amide bonds. The second-order valence-electron chi connectivity index (χ2n) is 5.44. The molecule has 0 aliphatic heterocycles. The molecule has 4 nitrogen and oxygen atoms in total. The van der Waals surface area contributed by atoms with Crippen molar-refractivity contribution in [3.63, 3.8) is 0 Å². The molecule has 0 bridgehead atoms. The molecule has 1 unspecified atom stereocenters. The second kappa shape index (κ2) is 7.87. The lowest BCUT2D eigenvalue weighted by molar-refractivity contribution is 0.311. The van der Waals surface area contributed by atoms with Gasteiger partial charge in [0.15, 0.2) is 0 Å². The van der Waals surface area contributed by atoms with E-state index in [2.05, 4.69) is 28.4 Å². The fourth-order valence-electron chi connectivity index (χ4n) is 2.39. The molecule has 120 valence electrons. The van der Waals surface area contributed by atoms with Gasteiger partial charge in [-0.25, -0.2) is 0 Å². The van der Waals surface area contributed by atoms with Gasteiger partial charge in [-0.15, -0.1) is 0 Å². The van der Waals surface area contributed by atoms with Crippen LogP contribution in [0.25, 0.3) is 0 Å². The topological polar surface area (TPSA) is 48.3 Å². The smallest absolute Gasteiger partial charge is 0.118 e. The SMILES string of the molecule is COc1ccc(C(CNc2ccc(Cl)cc2C#N)N(C)C)cc1. The van der Waals surface area contributed by atoms with Crippen LogP contribution in [0.1, 0.15) is 17.2 Å². The summed E-state index contributed by atoms with van der Waals surface area (Å²) in [7, 11) is 5.72. The third-order valence-electron chi connectivity index (χ3n) is 3.71. The quantitative estimate of drug-likeness (QED) is 0.872. The van der Waals surface area contributed by atoms with Crippen molar-refractivity contribution in [3.8, 4) is 11.8 Å². The number of benzene rings is 2. The van der Waals surface area contributed by atoms with Crippen LogP contribution in [-0.4, -0.2) is 32.6 Å². The molecular weight excluding hydrogens is 310 g/mol. The van der Waals surface area contributed by atoms with Gasteiger partial charge in [-0.2, -0.15) is 5.26 Å². The summed E-state index contributed by atoms with van der Waals surface area (Å²) in [6.45, 7) is 0.676. The van der Waals surface area contributed by atoms with E-state index in [4.69, 9.17) is 16.3 Å². The number of likely N-dealkylation sites (N-methyl/N-ethyl adjacent to an activating group) is 1. The average Bonchev–Trinajstić information content (AvgIpc) is 2.56. The van der Waals surface area contributed by atoms with Gasteiger partial charge in [-0.05, 0) is 50.0 Å². The summed E-state index contributed by atoms with van der Waals surface area (Å²) in [6.07, 6.45) is 0. The molecule has 0 radical (unpaired) electrons. The number of hydrogen-bond acceptors (Lipinski definition) is 4. The maximum Gasteiger partial charge on any atom is 0.118 e. The van der Waals surface area contributed by atoms with Crippen molar-refractivity contribution < 1.29 is 4.74 Å². The Morgan fingerprint density at radius 3 is 2.48 bits per heavy atom. The van der Waals surface area contributed by atoms with Gasteiger partial charge in [0, 0.05) is 11.6 Å². The summed E-state index contributed by atoms with van der Waals surface area (Å²) in [4.78, 5) is 2.14. The van der Waals surface area contributed by atoms with E-state index in [9.17, 15) is 5.26 Å². The molecule has 0 heterocycles. The summed E-state index contributed by atoms with van der Waals surface area (Å²) < 4.78 is 5.20. The van der Waals surface area contributed by atoms with Crippen molar-refractivity contribution in [2.45, 2.75) is 6.04 Å². The van der Waals surface area contributed by atoms with E-state index in [-0.39, 0.29) is 6.04 Å². The van der Waals surface area contributed by atoms with Gasteiger partial charge in [0.2, 0.25) is 0 Å². The lowest BCUT2D eigenvalue weighted by atomic mass is 10.1. The zero-order valence-electron chi connectivity index (χ0n) is 13.5. The van der Waals surface area contributed by atoms with Crippen LogP contribution in [0.3, 0.4) is 0 Å². The number of ether oxygens (including phenoxy) is 1. The molecule has 2 rings (SSSR count). The molecule has 0 aromatic heterocycles. The first kappa shape index (κ1) is 17.1. The minimum absolute atomic E-state index is 0.170. The van der Waals surface area contributed by atoms with Gasteiger partial charge in [0.05, 0.1) is 24.4 Å². The number of anilines is 1. The summed E-state index contributed by atoms with van der Waals surface area (Å²) in [6, 6.07) is 15.6. The van der Waals surface area contributed by atoms with Crippen LogP contribution < -0.4 is 10.1 Å². The van der Waals surface area contributed by atoms with Crippen molar-refractivity contribution in [1.82, 2.24) is 4.90 Å². The summed E-state index contributed by atoms with van der Waals surface area (Å²) >= 11 is 5.93. The van der Waals surface area contributed by atoms with Crippen molar-refractivity contribution in [1.29, 1.82) is 5.26 Å². The summed E-state index contributed by atoms with van der Waals surface area (Å²) in [5.74, 6) is 0.837. The summed E-state index contributed by atoms with van der Waals surface area (Å²) in [5, 5.41) is 13.1. The highest BCUT2D eigenvalue weighted by atomic mass is 35.5. The Morgan fingerprint density at radius 2 is 1.91 bits per heavy atom. The predicted molar refractivity (Wildman–Crippen MR) is 94.1 cm³/mol. The molecule has 0 aliphatic carbocycles. The number of nitrogens with zero attached hydrogens (tertiary/aromatic N) is 2. The van der Waals surface area contributed by atoms with Crippen molar-refractivity contribution in [3.05, 3.63) is 58.6 Å². The first-order chi connectivity index (χ1) is 11.0. The lowest BCUT2D eigenvalue weighted by Gasteiger charge is -2.26. The van der Waals surface area contributed by atoms with Gasteiger partial charge in [0.25, 0.3) is 0 Å². The highest BCUT2D eigenvalue weighted by molar-refractivity contribution is 6.30. The molecule has 0 spiro atoms. The standard InChI is InChI=1S/C18H20ClN3O/c1-22(2)18(13-4-7-16(23-3)8-5-13)12-21-17-9-6-15(19)10-14(17)11-20/h4-10,18,21H,12H2,1-3H3. The van der Waals surface area contributed by atoms with Gasteiger partial charge in [-0.3, -0.25) is 0 Å². The zero-order valence-corrected chi connectivity index (χ0v) is 14.3. The van der Waals surface area contributed by atoms with Crippen LogP contribution in [-0.2, 0) is 0 Å². The Hall–Kier alpha value is -2.22. The minimum Gasteiger partial charge on any atom is -0.497 e. The van der Waals surface area contributed by atoms with Crippen LogP contribution in [0.4, 0.5) is 5.69 Å². The van der Waals surface area contributed by atoms with Crippen molar-refractivity contribution >= 4 is 17.3 Å². The molecule has 2 aromatic carbocycles. The van der Waals surface area contributed by atoms with Gasteiger partial charge in [-0.1, -0.05) is 23.7 Å². The largest absolute Gasteiger partial charge is 0.497 e. The molecular formula is C18H20ClN3O. The Kier molecular flexibility index (Phi) is 5.86. The molecule has 5 heteroatoms. The minimum atomic E-state index is 0.170. The zero-order chi connectivity index (χ0) is 16.8. The van der Waals surface area contributed by atoms with E-state index >= 15 is 0 Å². The molecule has 2 aromatic rings. The first-order valence-corrected chi connectivity index (χ1v) is 7.67. The normalized spacial score (nSPS) is 11.8. The number of nitrogens with one attached hydrogen (secondary N) is 1. The fourth-order valence-corrected chi connectivity index (χ4v) is 2.57. The van der Waals surface area contributed by atoms with Gasteiger partial charge < -0.3 is 15.0 Å². The third kappa shape index (κ3) is 4.38. The Labute approximate surface area is 142 Å². The van der Waals surface area contributed by atoms with E-state index in [1.54, 1.807) is 19.2 Å². The second-order valence-corrected chi connectivity index (χ2v) is 5.87. The molecule has 1 atom stereocenters. The predicted octanol–water partition coefficient (Wildman–Crippen LogP) is 3.94. The van der Waals surface area contributed by atoms with E-state index < -0.39 is 0 Å². The number of hydrogen-bond donors (Lipinski definition) is 1. The van der Waals surface area contributed by atoms with Crippen LogP contribution in [0.15, 0.2) is 42.5 Å². The Morgan fingerprint density at radius 1 is 1.22 bits per heavy atom. The highest BCUT2D eigenvalue weighted by Gasteiger charge is 2.15. The van der Waals surface area contributed by atoms with Crippen LogP contribution in [0.2, 0.25) is 5.02 Å². The molecule has 0 saturated carbocycles. The highest BCUT2D eigenvalue weighted by Crippen LogP contribution is 2.24. The molecule has 23 heavy (non-hydrogen) atoms. The fraction of sp³-hybridized carbons (Fsp3) is 0.278. The molecule has 1 N–H and O–H groups in total. The van der Waals surface area contributed by atoms with Gasteiger partial charge >= 0.3 is 0 Å². The maximum absolute atomic E-state index is 9.22. The van der Waals surface area contributed by atoms with Crippen molar-refractivity contribution in [2.24, 2.45) is 0 Å². The Balaban J connectivity index is 2.16. The first-order valence-electron chi connectivity index (χ1n) is 7.29. The lowest BCUT2D eigenvalue weighted by Crippen LogP contribution is -2.27. The van der Waals surface area contributed by atoms with Crippen LogP contribution >= 0.6 is 11.6 Å². The number of nitriles is 1. The van der Waals surface area contributed by atoms with Gasteiger partial charge in [0.1, 0.15) is 11.8 Å². The van der Waals surface area contributed by atoms with Crippen LogP contribution in [0, 0.1) is 11.3 Å². The van der Waals surface area contributed by atoms with E-state index in [0.717, 1.165) is 11.4 Å². The van der Waals surface area contributed by atoms with E-state index in [1.165, 1.54) is 5.56 Å². The number of rotatable bonds is 6. The Bertz CT molecular complexity index is 692.